The summed E-state index contributed by atoms with van der Waals surface area (Å²) in [4.78, 5) is 10.6. The second-order valence-electron chi connectivity index (χ2n) is 3.48. The van der Waals surface area contributed by atoms with E-state index in [9.17, 15) is 4.79 Å². The van der Waals surface area contributed by atoms with E-state index in [1.807, 2.05) is 12.1 Å². The second kappa shape index (κ2) is 6.43. The normalized spacial score (nSPS) is 9.94. The highest BCUT2D eigenvalue weighted by molar-refractivity contribution is 7.96. The number of amides is 1. The molecule has 1 aromatic rings. The van der Waals surface area contributed by atoms with Gasteiger partial charge in [0.1, 0.15) is 5.75 Å². The van der Waals surface area contributed by atoms with Crippen LogP contribution in [0, 0.1) is 0 Å². The highest BCUT2D eigenvalue weighted by atomic mass is 32.1. The average Bonchev–Trinajstić information content (AvgIpc) is 2.28. The van der Waals surface area contributed by atoms with E-state index in [2.05, 4.69) is 30.9 Å². The third-order valence-corrected chi connectivity index (χ3v) is 2.57. The van der Waals surface area contributed by atoms with Gasteiger partial charge in [0.25, 0.3) is 5.24 Å². The molecule has 88 valence electrons. The Hall–Kier alpha value is -1.16. The van der Waals surface area contributed by atoms with Crippen LogP contribution in [-0.4, -0.2) is 18.9 Å². The van der Waals surface area contributed by atoms with E-state index in [0.717, 1.165) is 18.6 Å². The highest BCUT2D eigenvalue weighted by Crippen LogP contribution is 2.20. The van der Waals surface area contributed by atoms with E-state index in [4.69, 9.17) is 4.74 Å². The van der Waals surface area contributed by atoms with Crippen LogP contribution in [0.4, 0.5) is 4.79 Å². The van der Waals surface area contributed by atoms with Crippen LogP contribution in [0.15, 0.2) is 18.2 Å². The highest BCUT2D eigenvalue weighted by Gasteiger charge is 2.02. The summed E-state index contributed by atoms with van der Waals surface area (Å²) < 4.78 is 5.25. The third kappa shape index (κ3) is 3.77. The zero-order valence-electron chi connectivity index (χ0n) is 9.62. The zero-order chi connectivity index (χ0) is 12.0. The Morgan fingerprint density at radius 3 is 2.81 bits per heavy atom. The van der Waals surface area contributed by atoms with Gasteiger partial charge in [-0.25, -0.2) is 0 Å². The summed E-state index contributed by atoms with van der Waals surface area (Å²) in [6.07, 6.45) is 1.75. The molecule has 1 N–H and O–H groups in total. The summed E-state index contributed by atoms with van der Waals surface area (Å²) in [5, 5.41) is 2.37. The molecule has 0 heterocycles. The first kappa shape index (κ1) is 12.9. The van der Waals surface area contributed by atoms with Gasteiger partial charge in [-0.1, -0.05) is 31.7 Å². The molecular weight excluding hydrogens is 222 g/mol. The number of methoxy groups -OCH3 is 1. The van der Waals surface area contributed by atoms with Crippen molar-refractivity contribution in [2.24, 2.45) is 0 Å². The topological polar surface area (TPSA) is 38.3 Å². The first-order chi connectivity index (χ1) is 7.67. The summed E-state index contributed by atoms with van der Waals surface area (Å²) in [5.74, 6) is 0.921. The Balaban J connectivity index is 2.64. The SMILES string of the molecule is CCc1cc(CCNC(=O)S)ccc1OC. The minimum Gasteiger partial charge on any atom is -0.496 e. The molecule has 0 radical (unpaired) electrons. The fraction of sp³-hybridized carbons (Fsp3) is 0.417. The molecular formula is C12H17NO2S. The Morgan fingerprint density at radius 2 is 2.25 bits per heavy atom. The summed E-state index contributed by atoms with van der Waals surface area (Å²) in [6, 6.07) is 6.10. The van der Waals surface area contributed by atoms with Crippen molar-refractivity contribution in [1.29, 1.82) is 0 Å². The van der Waals surface area contributed by atoms with E-state index < -0.39 is 0 Å². The van der Waals surface area contributed by atoms with E-state index in [1.54, 1.807) is 7.11 Å². The number of benzene rings is 1. The smallest absolute Gasteiger partial charge is 0.275 e. The fourth-order valence-electron chi connectivity index (χ4n) is 1.58. The van der Waals surface area contributed by atoms with Gasteiger partial charge in [0.15, 0.2) is 0 Å². The molecule has 1 rings (SSSR count). The molecule has 3 nitrogen and oxygen atoms in total. The van der Waals surface area contributed by atoms with E-state index >= 15 is 0 Å². The average molecular weight is 239 g/mol. The predicted octanol–water partition coefficient (Wildman–Crippen LogP) is 2.44. The van der Waals surface area contributed by atoms with E-state index in [1.165, 1.54) is 11.1 Å². The van der Waals surface area contributed by atoms with Crippen molar-refractivity contribution >= 4 is 17.9 Å². The van der Waals surface area contributed by atoms with Gasteiger partial charge in [0.2, 0.25) is 0 Å². The Labute approximate surface area is 102 Å². The maximum absolute atomic E-state index is 10.6. The molecule has 0 unspecified atom stereocenters. The molecule has 0 aromatic heterocycles. The lowest BCUT2D eigenvalue weighted by Gasteiger charge is -2.09. The lowest BCUT2D eigenvalue weighted by atomic mass is 10.1. The van der Waals surface area contributed by atoms with Crippen LogP contribution in [0.3, 0.4) is 0 Å². The van der Waals surface area contributed by atoms with Gasteiger partial charge < -0.3 is 10.1 Å². The minimum absolute atomic E-state index is 0.288. The molecule has 1 amide bonds. The van der Waals surface area contributed by atoms with Crippen molar-refractivity contribution in [1.82, 2.24) is 5.32 Å². The van der Waals surface area contributed by atoms with Gasteiger partial charge in [0.05, 0.1) is 7.11 Å². The minimum atomic E-state index is -0.288. The van der Waals surface area contributed by atoms with Gasteiger partial charge in [0, 0.05) is 6.54 Å². The first-order valence-corrected chi connectivity index (χ1v) is 5.74. The van der Waals surface area contributed by atoms with Crippen LogP contribution >= 0.6 is 12.6 Å². The molecule has 0 atom stereocenters. The Morgan fingerprint density at radius 1 is 1.50 bits per heavy atom. The standard InChI is InChI=1S/C12H17NO2S/c1-3-10-8-9(4-5-11(10)15-2)6-7-13-12(14)16/h4-5,8H,3,6-7H2,1-2H3,(H2,13,14,16). The molecule has 0 fully saturated rings. The molecule has 4 heteroatoms. The van der Waals surface area contributed by atoms with Crippen molar-refractivity contribution < 1.29 is 9.53 Å². The van der Waals surface area contributed by atoms with Gasteiger partial charge in [-0.3, -0.25) is 4.79 Å². The maximum Gasteiger partial charge on any atom is 0.275 e. The number of nitrogens with one attached hydrogen (secondary N) is 1. The number of hydrogen-bond acceptors (Lipinski definition) is 2. The molecule has 0 aliphatic heterocycles. The lowest BCUT2D eigenvalue weighted by Crippen LogP contribution is -2.19. The third-order valence-electron chi connectivity index (χ3n) is 2.42. The quantitative estimate of drug-likeness (QED) is 0.775. The summed E-state index contributed by atoms with van der Waals surface area (Å²) >= 11 is 3.64. The molecule has 0 aliphatic carbocycles. The first-order valence-electron chi connectivity index (χ1n) is 5.30. The van der Waals surface area contributed by atoms with Gasteiger partial charge in [-0.05, 0) is 30.0 Å². The molecule has 0 saturated carbocycles. The number of thiol groups is 1. The van der Waals surface area contributed by atoms with E-state index in [-0.39, 0.29) is 5.24 Å². The molecule has 16 heavy (non-hydrogen) atoms. The van der Waals surface area contributed by atoms with Crippen LogP contribution in [0.25, 0.3) is 0 Å². The van der Waals surface area contributed by atoms with Gasteiger partial charge in [-0.2, -0.15) is 0 Å². The van der Waals surface area contributed by atoms with Crippen molar-refractivity contribution in [3.05, 3.63) is 29.3 Å². The maximum atomic E-state index is 10.6. The van der Waals surface area contributed by atoms with Crippen LogP contribution in [0.5, 0.6) is 5.75 Å². The molecule has 0 bridgehead atoms. The number of carbonyl (C=O) groups is 1. The summed E-state index contributed by atoms with van der Waals surface area (Å²) in [5.41, 5.74) is 2.39. The number of rotatable bonds is 5. The summed E-state index contributed by atoms with van der Waals surface area (Å²) in [6.45, 7) is 2.70. The Kier molecular flexibility index (Phi) is 5.19. The molecule has 1 aromatic carbocycles. The number of aryl methyl sites for hydroxylation is 1. The largest absolute Gasteiger partial charge is 0.496 e. The Bertz CT molecular complexity index is 366. The van der Waals surface area contributed by atoms with Gasteiger partial charge >= 0.3 is 0 Å². The summed E-state index contributed by atoms with van der Waals surface area (Å²) in [7, 11) is 1.68. The van der Waals surface area contributed by atoms with Crippen LogP contribution in [0.1, 0.15) is 18.1 Å². The lowest BCUT2D eigenvalue weighted by molar-refractivity contribution is 0.261. The van der Waals surface area contributed by atoms with Gasteiger partial charge in [-0.15, -0.1) is 0 Å². The van der Waals surface area contributed by atoms with Crippen molar-refractivity contribution in [3.63, 3.8) is 0 Å². The number of ether oxygens (including phenoxy) is 1. The fourth-order valence-corrected chi connectivity index (χ4v) is 1.69. The second-order valence-corrected chi connectivity index (χ2v) is 3.89. The van der Waals surface area contributed by atoms with Crippen LogP contribution in [-0.2, 0) is 12.8 Å². The van der Waals surface area contributed by atoms with Crippen molar-refractivity contribution in [2.45, 2.75) is 19.8 Å². The van der Waals surface area contributed by atoms with Crippen molar-refractivity contribution in [2.75, 3.05) is 13.7 Å². The van der Waals surface area contributed by atoms with Crippen molar-refractivity contribution in [3.8, 4) is 5.75 Å². The van der Waals surface area contributed by atoms with E-state index in [0.29, 0.717) is 6.54 Å². The zero-order valence-corrected chi connectivity index (χ0v) is 10.5. The predicted molar refractivity (Wildman–Crippen MR) is 68.5 cm³/mol. The number of hydrogen-bond donors (Lipinski definition) is 2. The van der Waals surface area contributed by atoms with Crippen LogP contribution in [0.2, 0.25) is 0 Å². The monoisotopic (exact) mass is 239 g/mol. The molecule has 0 spiro atoms. The number of carbonyl (C=O) groups excluding carboxylic acids is 1. The molecule has 0 aliphatic rings. The van der Waals surface area contributed by atoms with Crippen LogP contribution < -0.4 is 10.1 Å². The molecule has 0 saturated heterocycles.